The van der Waals surface area contributed by atoms with Gasteiger partial charge in [-0.1, -0.05) is 0 Å². The Balaban J connectivity index is 1.31. The molecule has 0 aliphatic carbocycles. The minimum Gasteiger partial charge on any atom is -0.506 e. The number of phosphoric acid groups is 1. The number of amides is 1. The average Bonchev–Trinajstić information content (AvgIpc) is 3.65. The molecule has 1 fully saturated rings. The Hall–Kier alpha value is -1.81. The Morgan fingerprint density at radius 3 is 2.25 bits per heavy atom. The highest BCUT2D eigenvalue weighted by molar-refractivity contribution is 14.1. The zero-order valence-corrected chi connectivity index (χ0v) is 36.7. The number of phenolic OH excluding ortho intramolecular Hbond substituents is 1. The standard InChI is InChI=1S/C29H27F3I4N7O11P/c30-29(31,32)28(48)42-17(3-10-1-14(35)24(15(36)2-10)53-11-4-12(33)20(44)13(34)5-11)21(45)16(37)6-38-25-19-26(40-8-39-25)43(9-41-19)27-23(47)22(46)18(54-27)7-52-55(49,50)51/h1-2,4-5,8-9,16-18,22-23,27,44,46-47H,3,6-7,37H2,(H,42,48)(H,38,39,40)(H2,49,50,51)/t16?,17-,18+,22+,23+,27+/m0/s1. The molecule has 26 heteroatoms. The zero-order chi connectivity index (χ0) is 40.6. The number of aliphatic hydroxyl groups is 2. The van der Waals surface area contributed by atoms with E-state index in [1.54, 1.807) is 29.6 Å². The molecule has 2 aromatic carbocycles. The summed E-state index contributed by atoms with van der Waals surface area (Å²) in [5.41, 5.74) is 6.66. The second-order valence-electron chi connectivity index (χ2n) is 11.7. The summed E-state index contributed by atoms with van der Waals surface area (Å²) in [6, 6.07) is 3.21. The van der Waals surface area contributed by atoms with Crippen molar-refractivity contribution in [2.75, 3.05) is 18.5 Å². The molecule has 55 heavy (non-hydrogen) atoms. The Kier molecular flexibility index (Phi) is 14.5. The number of alkyl halides is 3. The van der Waals surface area contributed by atoms with E-state index in [1.165, 1.54) is 10.9 Å². The summed E-state index contributed by atoms with van der Waals surface area (Å²) < 4.78 is 70.6. The van der Waals surface area contributed by atoms with Crippen molar-refractivity contribution in [2.45, 2.75) is 49.2 Å². The van der Waals surface area contributed by atoms with Crippen LogP contribution in [-0.4, -0.2) is 106 Å². The number of nitrogens with two attached hydrogens (primary N) is 1. The van der Waals surface area contributed by atoms with Gasteiger partial charge in [-0.25, -0.2) is 19.5 Å². The van der Waals surface area contributed by atoms with Gasteiger partial charge in [0.05, 0.1) is 39.3 Å². The predicted octanol–water partition coefficient (Wildman–Crippen LogP) is 3.07. The summed E-state index contributed by atoms with van der Waals surface area (Å²) >= 11 is 7.85. The fourth-order valence-electron chi connectivity index (χ4n) is 5.25. The van der Waals surface area contributed by atoms with E-state index in [4.69, 9.17) is 25.0 Å². The van der Waals surface area contributed by atoms with E-state index in [-0.39, 0.29) is 29.2 Å². The third-order valence-electron chi connectivity index (χ3n) is 7.85. The van der Waals surface area contributed by atoms with Crippen LogP contribution in [0.4, 0.5) is 19.0 Å². The number of carbonyl (C=O) groups is 2. The maximum atomic E-state index is 13.6. The highest BCUT2D eigenvalue weighted by Gasteiger charge is 2.45. The molecule has 1 aliphatic rings. The van der Waals surface area contributed by atoms with Gasteiger partial charge in [0.2, 0.25) is 0 Å². The number of rotatable bonds is 14. The number of Topliss-reactive ketones (excluding diaryl/α,β-unsaturated/α-hetero) is 1. The lowest BCUT2D eigenvalue weighted by atomic mass is 9.98. The summed E-state index contributed by atoms with van der Waals surface area (Å²) in [7, 11) is -4.91. The van der Waals surface area contributed by atoms with Gasteiger partial charge in [0, 0.05) is 6.54 Å². The molecule has 18 nitrogen and oxygen atoms in total. The molecular weight excluding hydrogens is 1220 g/mol. The van der Waals surface area contributed by atoms with Gasteiger partial charge in [0.15, 0.2) is 34.7 Å². The number of carbonyl (C=O) groups excluding carboxylic acids is 2. The Morgan fingerprint density at radius 1 is 1.02 bits per heavy atom. The number of hydrogen-bond donors (Lipinski definition) is 8. The Labute approximate surface area is 362 Å². The second kappa shape index (κ2) is 18.0. The second-order valence-corrected chi connectivity index (χ2v) is 17.6. The molecule has 0 saturated carbocycles. The van der Waals surface area contributed by atoms with Gasteiger partial charge in [-0.05, 0) is 127 Å². The number of benzene rings is 2. The van der Waals surface area contributed by atoms with Gasteiger partial charge in [0.25, 0.3) is 0 Å². The molecule has 2 aromatic heterocycles. The molecule has 4 aromatic rings. The number of aliphatic hydroxyl groups excluding tert-OH is 2. The number of halogens is 7. The molecule has 1 saturated heterocycles. The molecule has 0 bridgehead atoms. The van der Waals surface area contributed by atoms with Crippen molar-refractivity contribution in [1.82, 2.24) is 24.8 Å². The van der Waals surface area contributed by atoms with Crippen LogP contribution in [0.15, 0.2) is 36.9 Å². The summed E-state index contributed by atoms with van der Waals surface area (Å²) in [5, 5.41) is 35.6. The number of ketones is 1. The maximum Gasteiger partial charge on any atom is 0.471 e. The van der Waals surface area contributed by atoms with Crippen molar-refractivity contribution >= 4 is 127 Å². The maximum absolute atomic E-state index is 13.6. The first-order valence-electron chi connectivity index (χ1n) is 15.3. The van der Waals surface area contributed by atoms with Crippen LogP contribution in [0, 0.1) is 14.3 Å². The number of nitrogens with zero attached hydrogens (tertiary/aromatic N) is 4. The number of ether oxygens (including phenoxy) is 2. The lowest BCUT2D eigenvalue weighted by Crippen LogP contribution is -2.54. The molecule has 9 N–H and O–H groups in total. The first kappa shape index (κ1) is 44.3. The molecule has 1 aliphatic heterocycles. The van der Waals surface area contributed by atoms with Crippen molar-refractivity contribution < 1.29 is 66.4 Å². The number of fused-ring (bicyclic) bond motifs is 1. The number of aromatic hydroxyl groups is 1. The zero-order valence-electron chi connectivity index (χ0n) is 27.2. The average molecular weight is 1250 g/mol. The van der Waals surface area contributed by atoms with Crippen LogP contribution in [0.25, 0.3) is 11.2 Å². The van der Waals surface area contributed by atoms with E-state index < -0.39 is 75.5 Å². The molecule has 0 radical (unpaired) electrons. The van der Waals surface area contributed by atoms with E-state index in [0.29, 0.717) is 31.3 Å². The molecule has 5 rings (SSSR count). The molecule has 1 amide bonds. The van der Waals surface area contributed by atoms with Crippen LogP contribution in [0.2, 0.25) is 0 Å². The van der Waals surface area contributed by atoms with E-state index in [1.807, 2.05) is 90.4 Å². The largest absolute Gasteiger partial charge is 0.506 e. The summed E-state index contributed by atoms with van der Waals surface area (Å²) in [6.45, 7) is -1.15. The van der Waals surface area contributed by atoms with Crippen molar-refractivity contribution in [2.24, 2.45) is 5.73 Å². The summed E-state index contributed by atoms with van der Waals surface area (Å²) in [5.74, 6) is -2.33. The summed E-state index contributed by atoms with van der Waals surface area (Å²) in [4.78, 5) is 56.0. The van der Waals surface area contributed by atoms with Gasteiger partial charge in [-0.2, -0.15) is 13.2 Å². The lowest BCUT2D eigenvalue weighted by Gasteiger charge is -2.23. The number of phenols is 1. The summed E-state index contributed by atoms with van der Waals surface area (Å²) in [6.07, 6.45) is -9.30. The fraction of sp³-hybridized carbons (Fsp3) is 0.345. The van der Waals surface area contributed by atoms with Crippen molar-refractivity contribution in [3.8, 4) is 17.2 Å². The predicted molar refractivity (Wildman–Crippen MR) is 218 cm³/mol. The van der Waals surface area contributed by atoms with Crippen LogP contribution in [0.5, 0.6) is 17.2 Å². The van der Waals surface area contributed by atoms with E-state index in [0.717, 1.165) is 6.33 Å². The van der Waals surface area contributed by atoms with Crippen LogP contribution < -0.4 is 21.1 Å². The van der Waals surface area contributed by atoms with E-state index in [9.17, 15) is 42.6 Å². The molecular formula is C29H27F3I4N7O11P. The highest BCUT2D eigenvalue weighted by Crippen LogP contribution is 2.40. The number of nitrogens with one attached hydrogen (secondary N) is 2. The number of hydrogen-bond acceptors (Lipinski definition) is 14. The highest BCUT2D eigenvalue weighted by atomic mass is 127. The van der Waals surface area contributed by atoms with Crippen molar-refractivity contribution in [3.05, 3.63) is 56.8 Å². The quantitative estimate of drug-likeness (QED) is 0.0666. The number of phosphoric ester groups is 1. The minimum absolute atomic E-state index is 0.00925. The topological polar surface area (TPSA) is 274 Å². The van der Waals surface area contributed by atoms with Crippen LogP contribution in [0.1, 0.15) is 11.8 Å². The van der Waals surface area contributed by atoms with Gasteiger partial charge in [-0.3, -0.25) is 18.7 Å². The number of imidazole rings is 1. The number of anilines is 1. The van der Waals surface area contributed by atoms with Gasteiger partial charge < -0.3 is 50.9 Å². The van der Waals surface area contributed by atoms with E-state index >= 15 is 0 Å². The first-order chi connectivity index (χ1) is 25.6. The van der Waals surface area contributed by atoms with Gasteiger partial charge >= 0.3 is 19.9 Å². The van der Waals surface area contributed by atoms with Crippen LogP contribution in [-0.2, 0) is 29.8 Å². The Morgan fingerprint density at radius 2 is 1.65 bits per heavy atom. The molecule has 3 heterocycles. The monoisotopic (exact) mass is 1240 g/mol. The molecule has 0 spiro atoms. The van der Waals surface area contributed by atoms with Gasteiger partial charge in [-0.15, -0.1) is 0 Å². The fourth-order valence-corrected chi connectivity index (χ4v) is 9.42. The normalized spacial score (nSPS) is 20.0. The Bertz CT molecular complexity index is 2100. The van der Waals surface area contributed by atoms with Gasteiger partial charge in [0.1, 0.15) is 36.1 Å². The third-order valence-corrected chi connectivity index (χ3v) is 11.6. The minimum atomic E-state index is -5.30. The van der Waals surface area contributed by atoms with Crippen LogP contribution >= 0.6 is 98.2 Å². The lowest BCUT2D eigenvalue weighted by molar-refractivity contribution is -0.174. The first-order valence-corrected chi connectivity index (χ1v) is 21.1. The van der Waals surface area contributed by atoms with Crippen LogP contribution in [0.3, 0.4) is 0 Å². The SMILES string of the molecule is NC(CNc1ncnc2c1ncn2[C@@H]1O[C@H](COP(=O)(O)O)[C@@H](O)[C@H]1O)C(=O)[C@H](Cc1cc(I)c(Oc2cc(I)c(O)c(I)c2)c(I)c1)NC(=O)C(F)(F)F. The molecule has 1 unspecified atom stereocenters. The van der Waals surface area contributed by atoms with E-state index in [2.05, 4.69) is 24.8 Å². The molecule has 6 atom stereocenters. The van der Waals surface area contributed by atoms with Crippen molar-refractivity contribution in [3.63, 3.8) is 0 Å². The third kappa shape index (κ3) is 10.8. The van der Waals surface area contributed by atoms with Crippen molar-refractivity contribution in [1.29, 1.82) is 0 Å². The number of aromatic nitrogens is 4. The smallest absolute Gasteiger partial charge is 0.471 e. The molecule has 298 valence electrons.